The van der Waals surface area contributed by atoms with E-state index in [1.807, 2.05) is 0 Å². The van der Waals surface area contributed by atoms with Gasteiger partial charge in [-0.05, 0) is 30.3 Å². The van der Waals surface area contributed by atoms with Gasteiger partial charge in [0.2, 0.25) is 0 Å². The second-order valence-electron chi connectivity index (χ2n) is 3.80. The minimum Gasteiger partial charge on any atom is -0.478 e. The van der Waals surface area contributed by atoms with E-state index in [9.17, 15) is 13.2 Å². The van der Waals surface area contributed by atoms with Crippen LogP contribution in [0.25, 0.3) is 0 Å². The third kappa shape index (κ3) is 3.11. The van der Waals surface area contributed by atoms with Gasteiger partial charge in [0.15, 0.2) is 0 Å². The molecule has 2 rings (SSSR count). The smallest absolute Gasteiger partial charge is 0.335 e. The molecular formula is C13H11NO4S. The van der Waals surface area contributed by atoms with Crippen LogP contribution in [0.3, 0.4) is 0 Å². The lowest BCUT2D eigenvalue weighted by molar-refractivity contribution is 0.0697. The summed E-state index contributed by atoms with van der Waals surface area (Å²) < 4.78 is 26.4. The SMILES string of the molecule is O=C(O)c1cccc(NS(=O)(=O)c2ccccc2)c1. The van der Waals surface area contributed by atoms with Crippen molar-refractivity contribution < 1.29 is 18.3 Å². The number of sulfonamides is 1. The second kappa shape index (κ2) is 5.11. The highest BCUT2D eigenvalue weighted by Gasteiger charge is 2.14. The van der Waals surface area contributed by atoms with E-state index in [4.69, 9.17) is 5.11 Å². The van der Waals surface area contributed by atoms with Gasteiger partial charge in [-0.3, -0.25) is 4.72 Å². The first-order valence-corrected chi connectivity index (χ1v) is 6.88. The molecule has 0 aliphatic rings. The molecule has 2 aromatic carbocycles. The van der Waals surface area contributed by atoms with E-state index in [0.717, 1.165) is 0 Å². The van der Waals surface area contributed by atoms with Crippen LogP contribution >= 0.6 is 0 Å². The molecule has 0 bridgehead atoms. The van der Waals surface area contributed by atoms with Gasteiger partial charge in [-0.2, -0.15) is 0 Å². The zero-order valence-corrected chi connectivity index (χ0v) is 10.6. The molecule has 0 saturated carbocycles. The molecule has 0 amide bonds. The normalized spacial score (nSPS) is 10.9. The van der Waals surface area contributed by atoms with E-state index in [0.29, 0.717) is 0 Å². The lowest BCUT2D eigenvalue weighted by atomic mass is 10.2. The number of carboxylic acid groups (broad SMARTS) is 1. The summed E-state index contributed by atoms with van der Waals surface area (Å²) in [4.78, 5) is 10.9. The Hall–Kier alpha value is -2.34. The first-order chi connectivity index (χ1) is 8.99. The number of nitrogens with one attached hydrogen (secondary N) is 1. The Balaban J connectivity index is 2.31. The zero-order chi connectivity index (χ0) is 13.9. The first kappa shape index (κ1) is 13.1. The molecule has 0 atom stereocenters. The Labute approximate surface area is 110 Å². The monoisotopic (exact) mass is 277 g/mol. The molecule has 2 N–H and O–H groups in total. The third-order valence-electron chi connectivity index (χ3n) is 2.42. The van der Waals surface area contributed by atoms with E-state index in [1.165, 1.54) is 36.4 Å². The predicted octanol–water partition coefficient (Wildman–Crippen LogP) is 2.19. The molecule has 19 heavy (non-hydrogen) atoms. The molecule has 0 spiro atoms. The summed E-state index contributed by atoms with van der Waals surface area (Å²) in [6.45, 7) is 0. The van der Waals surface area contributed by atoms with Gasteiger partial charge in [0.25, 0.3) is 10.0 Å². The molecule has 0 saturated heterocycles. The van der Waals surface area contributed by atoms with Gasteiger partial charge in [-0.15, -0.1) is 0 Å². The fourth-order valence-corrected chi connectivity index (χ4v) is 2.60. The maximum atomic E-state index is 12.0. The molecule has 0 radical (unpaired) electrons. The van der Waals surface area contributed by atoms with E-state index >= 15 is 0 Å². The fourth-order valence-electron chi connectivity index (χ4n) is 1.53. The van der Waals surface area contributed by atoms with Crippen LogP contribution < -0.4 is 4.72 Å². The van der Waals surface area contributed by atoms with Gasteiger partial charge in [0, 0.05) is 5.69 Å². The van der Waals surface area contributed by atoms with Crippen molar-refractivity contribution in [2.45, 2.75) is 4.90 Å². The van der Waals surface area contributed by atoms with Crippen LogP contribution in [-0.4, -0.2) is 19.5 Å². The molecule has 0 unspecified atom stereocenters. The molecule has 2 aromatic rings. The maximum absolute atomic E-state index is 12.0. The number of hydrogen-bond donors (Lipinski definition) is 2. The van der Waals surface area contributed by atoms with Crippen LogP contribution in [0.4, 0.5) is 5.69 Å². The number of aromatic carboxylic acids is 1. The summed E-state index contributed by atoms with van der Waals surface area (Å²) in [5.74, 6) is -1.11. The number of hydrogen-bond acceptors (Lipinski definition) is 3. The number of anilines is 1. The first-order valence-electron chi connectivity index (χ1n) is 5.40. The van der Waals surface area contributed by atoms with E-state index in [1.54, 1.807) is 18.2 Å². The van der Waals surface area contributed by atoms with Crippen molar-refractivity contribution >= 4 is 21.7 Å². The van der Waals surface area contributed by atoms with E-state index < -0.39 is 16.0 Å². The summed E-state index contributed by atoms with van der Waals surface area (Å²) in [7, 11) is -3.70. The van der Waals surface area contributed by atoms with Crippen molar-refractivity contribution in [3.8, 4) is 0 Å². The minimum atomic E-state index is -3.70. The maximum Gasteiger partial charge on any atom is 0.335 e. The molecule has 0 aliphatic carbocycles. The summed E-state index contributed by atoms with van der Waals surface area (Å²) in [6.07, 6.45) is 0. The van der Waals surface area contributed by atoms with Crippen LogP contribution in [-0.2, 0) is 10.0 Å². The van der Waals surface area contributed by atoms with Crippen molar-refractivity contribution in [2.24, 2.45) is 0 Å². The Morgan fingerprint density at radius 1 is 1.00 bits per heavy atom. The van der Waals surface area contributed by atoms with Crippen molar-refractivity contribution in [2.75, 3.05) is 4.72 Å². The number of benzene rings is 2. The molecule has 6 heteroatoms. The lowest BCUT2D eigenvalue weighted by Gasteiger charge is -2.08. The minimum absolute atomic E-state index is 0.0215. The summed E-state index contributed by atoms with van der Waals surface area (Å²) in [5.41, 5.74) is 0.233. The Bertz CT molecular complexity index is 696. The van der Waals surface area contributed by atoms with Gasteiger partial charge in [-0.1, -0.05) is 24.3 Å². The van der Waals surface area contributed by atoms with Gasteiger partial charge < -0.3 is 5.11 Å². The highest BCUT2D eigenvalue weighted by Crippen LogP contribution is 2.16. The molecular weight excluding hydrogens is 266 g/mol. The van der Waals surface area contributed by atoms with Crippen molar-refractivity contribution in [3.63, 3.8) is 0 Å². The van der Waals surface area contributed by atoms with E-state index in [2.05, 4.69) is 4.72 Å². The number of carboxylic acids is 1. The fraction of sp³-hybridized carbons (Fsp3) is 0. The molecule has 5 nitrogen and oxygen atoms in total. The van der Waals surface area contributed by atoms with Crippen molar-refractivity contribution in [3.05, 3.63) is 60.2 Å². The van der Waals surface area contributed by atoms with Crippen molar-refractivity contribution in [1.29, 1.82) is 0 Å². The molecule has 0 fully saturated rings. The number of carbonyl (C=O) groups is 1. The highest BCUT2D eigenvalue weighted by atomic mass is 32.2. The average molecular weight is 277 g/mol. The zero-order valence-electron chi connectivity index (χ0n) is 9.78. The van der Waals surface area contributed by atoms with Crippen molar-refractivity contribution in [1.82, 2.24) is 0 Å². The standard InChI is InChI=1S/C13H11NO4S/c15-13(16)10-5-4-6-11(9-10)14-19(17,18)12-7-2-1-3-8-12/h1-9,14H,(H,15,16). The topological polar surface area (TPSA) is 83.5 Å². The van der Waals surface area contributed by atoms with Gasteiger partial charge in [-0.25, -0.2) is 13.2 Å². The molecule has 98 valence electrons. The van der Waals surface area contributed by atoms with Gasteiger partial charge in [0.1, 0.15) is 0 Å². The largest absolute Gasteiger partial charge is 0.478 e. The average Bonchev–Trinajstić information content (AvgIpc) is 2.39. The summed E-state index contributed by atoms with van der Waals surface area (Å²) >= 11 is 0. The quantitative estimate of drug-likeness (QED) is 0.897. The summed E-state index contributed by atoms with van der Waals surface area (Å²) in [5, 5.41) is 8.85. The second-order valence-corrected chi connectivity index (χ2v) is 5.49. The Morgan fingerprint density at radius 3 is 2.32 bits per heavy atom. The molecule has 0 aromatic heterocycles. The van der Waals surface area contributed by atoms with Crippen LogP contribution in [0.2, 0.25) is 0 Å². The van der Waals surface area contributed by atoms with Gasteiger partial charge in [0.05, 0.1) is 10.5 Å². The predicted molar refractivity (Wildman–Crippen MR) is 70.7 cm³/mol. The van der Waals surface area contributed by atoms with Crippen LogP contribution in [0.1, 0.15) is 10.4 Å². The van der Waals surface area contributed by atoms with Gasteiger partial charge >= 0.3 is 5.97 Å². The van der Waals surface area contributed by atoms with Crippen LogP contribution in [0.15, 0.2) is 59.5 Å². The molecule has 0 heterocycles. The lowest BCUT2D eigenvalue weighted by Crippen LogP contribution is -2.13. The van der Waals surface area contributed by atoms with Crippen LogP contribution in [0.5, 0.6) is 0 Å². The van der Waals surface area contributed by atoms with Crippen LogP contribution in [0, 0.1) is 0 Å². The Kier molecular flexibility index (Phi) is 3.52. The number of rotatable bonds is 4. The van der Waals surface area contributed by atoms with E-state index in [-0.39, 0.29) is 16.1 Å². The molecule has 0 aliphatic heterocycles. The summed E-state index contributed by atoms with van der Waals surface area (Å²) in [6, 6.07) is 13.5. The Morgan fingerprint density at radius 2 is 1.68 bits per heavy atom. The highest BCUT2D eigenvalue weighted by molar-refractivity contribution is 7.92. The third-order valence-corrected chi connectivity index (χ3v) is 3.81.